The Morgan fingerprint density at radius 1 is 1.14 bits per heavy atom. The first kappa shape index (κ1) is 14.8. The van der Waals surface area contributed by atoms with Crippen molar-refractivity contribution in [2.24, 2.45) is 5.10 Å². The van der Waals surface area contributed by atoms with Gasteiger partial charge in [-0.05, 0) is 50.1 Å². The van der Waals surface area contributed by atoms with Crippen LogP contribution in [0.1, 0.15) is 32.6 Å². The van der Waals surface area contributed by atoms with Crippen LogP contribution < -0.4 is 5.43 Å². The number of phenolic OH excluding ortho intramolecular Hbond substituents is 1. The second kappa shape index (κ2) is 6.22. The number of hydrazone groups is 1. The van der Waals surface area contributed by atoms with Crippen LogP contribution in [-0.4, -0.2) is 17.2 Å². The van der Waals surface area contributed by atoms with E-state index in [1.54, 1.807) is 18.3 Å². The lowest BCUT2D eigenvalue weighted by Gasteiger charge is -2.06. The molecule has 2 N–H and O–H groups in total. The van der Waals surface area contributed by atoms with E-state index in [4.69, 9.17) is 0 Å². The molecule has 4 nitrogen and oxygen atoms in total. The lowest BCUT2D eigenvalue weighted by Crippen LogP contribution is -2.17. The summed E-state index contributed by atoms with van der Waals surface area (Å²) in [6.07, 6.45) is 1.64. The molecule has 2 aromatic rings. The van der Waals surface area contributed by atoms with Gasteiger partial charge in [0.15, 0.2) is 0 Å². The number of hydrogen-bond acceptors (Lipinski definition) is 3. The van der Waals surface area contributed by atoms with Crippen molar-refractivity contribution < 1.29 is 9.90 Å². The largest absolute Gasteiger partial charge is 0.508 e. The molecule has 0 heterocycles. The minimum Gasteiger partial charge on any atom is -0.508 e. The van der Waals surface area contributed by atoms with Gasteiger partial charge in [-0.25, -0.2) is 5.43 Å². The lowest BCUT2D eigenvalue weighted by atomic mass is 10.0. The van der Waals surface area contributed by atoms with Crippen LogP contribution >= 0.6 is 0 Å². The van der Waals surface area contributed by atoms with E-state index >= 15 is 0 Å². The third-order valence-electron chi connectivity index (χ3n) is 3.21. The number of hydrogen-bond donors (Lipinski definition) is 2. The number of aromatic hydroxyl groups is 1. The zero-order valence-corrected chi connectivity index (χ0v) is 12.3. The first-order valence-corrected chi connectivity index (χ1v) is 6.67. The van der Waals surface area contributed by atoms with Crippen LogP contribution in [-0.2, 0) is 0 Å². The average molecular weight is 282 g/mol. The summed E-state index contributed by atoms with van der Waals surface area (Å²) in [5, 5.41) is 13.3. The van der Waals surface area contributed by atoms with Gasteiger partial charge in [0, 0.05) is 11.1 Å². The predicted octanol–water partition coefficient (Wildman–Crippen LogP) is 3.08. The van der Waals surface area contributed by atoms with Crippen LogP contribution in [0.2, 0.25) is 0 Å². The Balaban J connectivity index is 2.11. The topological polar surface area (TPSA) is 61.7 Å². The highest BCUT2D eigenvalue weighted by Gasteiger charge is 2.05. The molecule has 0 spiro atoms. The van der Waals surface area contributed by atoms with Crippen molar-refractivity contribution in [2.75, 3.05) is 0 Å². The van der Waals surface area contributed by atoms with Crippen LogP contribution in [0.4, 0.5) is 0 Å². The minimum absolute atomic E-state index is 0.0526. The molecule has 0 aliphatic rings. The van der Waals surface area contributed by atoms with E-state index in [1.807, 2.05) is 20.8 Å². The van der Waals surface area contributed by atoms with E-state index in [9.17, 15) is 9.90 Å². The highest BCUT2D eigenvalue weighted by atomic mass is 16.3. The van der Waals surface area contributed by atoms with Gasteiger partial charge in [0.25, 0.3) is 5.91 Å². The van der Waals surface area contributed by atoms with Gasteiger partial charge >= 0.3 is 0 Å². The molecular weight excluding hydrogens is 264 g/mol. The maximum Gasteiger partial charge on any atom is 0.271 e. The number of nitrogens with zero attached hydrogens (tertiary/aromatic N) is 1. The normalized spacial score (nSPS) is 10.8. The van der Waals surface area contributed by atoms with Crippen molar-refractivity contribution in [2.45, 2.75) is 20.8 Å². The quantitative estimate of drug-likeness (QED) is 0.671. The summed E-state index contributed by atoms with van der Waals surface area (Å²) in [5.41, 5.74) is 7.25. The molecule has 0 saturated carbocycles. The highest BCUT2D eigenvalue weighted by Crippen LogP contribution is 2.14. The Morgan fingerprint density at radius 2 is 1.81 bits per heavy atom. The molecule has 4 heteroatoms. The van der Waals surface area contributed by atoms with E-state index in [0.29, 0.717) is 5.56 Å². The number of aryl methyl sites for hydroxylation is 3. The van der Waals surface area contributed by atoms with Crippen LogP contribution in [0, 0.1) is 20.8 Å². The molecule has 0 fully saturated rings. The number of benzene rings is 2. The molecule has 0 radical (unpaired) electrons. The van der Waals surface area contributed by atoms with Gasteiger partial charge in [0.2, 0.25) is 0 Å². The smallest absolute Gasteiger partial charge is 0.271 e. The molecule has 21 heavy (non-hydrogen) atoms. The fourth-order valence-corrected chi connectivity index (χ4v) is 2.26. The van der Waals surface area contributed by atoms with Crippen LogP contribution in [0.25, 0.3) is 0 Å². The third kappa shape index (κ3) is 3.69. The third-order valence-corrected chi connectivity index (χ3v) is 3.21. The molecule has 0 aromatic heterocycles. The van der Waals surface area contributed by atoms with E-state index in [1.165, 1.54) is 17.7 Å². The molecule has 0 saturated heterocycles. The Kier molecular flexibility index (Phi) is 4.38. The number of carbonyl (C=O) groups excluding carboxylic acids is 1. The fraction of sp³-hybridized carbons (Fsp3) is 0.176. The number of nitrogens with one attached hydrogen (secondary N) is 1. The summed E-state index contributed by atoms with van der Waals surface area (Å²) >= 11 is 0. The van der Waals surface area contributed by atoms with Gasteiger partial charge < -0.3 is 5.11 Å². The molecule has 0 atom stereocenters. The monoisotopic (exact) mass is 282 g/mol. The molecule has 0 aliphatic carbocycles. The van der Waals surface area contributed by atoms with Crippen molar-refractivity contribution in [1.82, 2.24) is 5.43 Å². The lowest BCUT2D eigenvalue weighted by molar-refractivity contribution is 0.0954. The van der Waals surface area contributed by atoms with Gasteiger partial charge in [0.05, 0.1) is 6.21 Å². The van der Waals surface area contributed by atoms with Gasteiger partial charge in [-0.1, -0.05) is 23.8 Å². The molecule has 2 rings (SSSR count). The van der Waals surface area contributed by atoms with Crippen molar-refractivity contribution in [3.8, 4) is 5.75 Å². The Labute approximate surface area is 124 Å². The van der Waals surface area contributed by atoms with Crippen LogP contribution in [0.3, 0.4) is 0 Å². The van der Waals surface area contributed by atoms with Gasteiger partial charge in [-0.3, -0.25) is 4.79 Å². The number of rotatable bonds is 3. The first-order valence-electron chi connectivity index (χ1n) is 6.67. The molecular formula is C17H18N2O2. The summed E-state index contributed by atoms with van der Waals surface area (Å²) in [7, 11) is 0. The van der Waals surface area contributed by atoms with Crippen molar-refractivity contribution in [1.29, 1.82) is 0 Å². The summed E-state index contributed by atoms with van der Waals surface area (Å²) in [6, 6.07) is 10.3. The second-order valence-electron chi connectivity index (χ2n) is 5.06. The van der Waals surface area contributed by atoms with E-state index in [2.05, 4.69) is 22.7 Å². The first-order chi connectivity index (χ1) is 9.97. The maximum absolute atomic E-state index is 11.9. The fourth-order valence-electron chi connectivity index (χ4n) is 2.26. The highest BCUT2D eigenvalue weighted by molar-refractivity contribution is 5.95. The van der Waals surface area contributed by atoms with E-state index < -0.39 is 0 Å². The van der Waals surface area contributed by atoms with Crippen molar-refractivity contribution in [3.63, 3.8) is 0 Å². The molecule has 0 bridgehead atoms. The minimum atomic E-state index is -0.357. The number of phenols is 1. The van der Waals surface area contributed by atoms with Gasteiger partial charge in [-0.2, -0.15) is 5.10 Å². The molecule has 1 amide bonds. The molecule has 108 valence electrons. The molecule has 0 aliphatic heterocycles. The van der Waals surface area contributed by atoms with Crippen molar-refractivity contribution in [3.05, 3.63) is 64.2 Å². The zero-order chi connectivity index (χ0) is 15.4. The van der Waals surface area contributed by atoms with Crippen molar-refractivity contribution >= 4 is 12.1 Å². The molecule has 0 unspecified atom stereocenters. The second-order valence-corrected chi connectivity index (χ2v) is 5.06. The van der Waals surface area contributed by atoms with E-state index in [0.717, 1.165) is 16.7 Å². The Morgan fingerprint density at radius 3 is 2.43 bits per heavy atom. The number of amides is 1. The number of carbonyl (C=O) groups is 1. The van der Waals surface area contributed by atoms with Gasteiger partial charge in [-0.15, -0.1) is 0 Å². The van der Waals surface area contributed by atoms with Gasteiger partial charge in [0.1, 0.15) is 5.75 Å². The Bertz CT molecular complexity index is 683. The summed E-state index contributed by atoms with van der Waals surface area (Å²) in [6.45, 7) is 6.07. The summed E-state index contributed by atoms with van der Waals surface area (Å²) in [5.74, 6) is -0.304. The van der Waals surface area contributed by atoms with E-state index in [-0.39, 0.29) is 11.7 Å². The molecule has 2 aromatic carbocycles. The SMILES string of the molecule is Cc1cc(C)c(C=NNC(=O)c2cccc(O)c2)c(C)c1. The predicted molar refractivity (Wildman–Crippen MR) is 83.8 cm³/mol. The average Bonchev–Trinajstić information content (AvgIpc) is 2.41. The summed E-state index contributed by atoms with van der Waals surface area (Å²) in [4.78, 5) is 11.9. The summed E-state index contributed by atoms with van der Waals surface area (Å²) < 4.78 is 0. The Hall–Kier alpha value is -2.62. The van der Waals surface area contributed by atoms with Crippen LogP contribution in [0.5, 0.6) is 5.75 Å². The van der Waals surface area contributed by atoms with Crippen LogP contribution in [0.15, 0.2) is 41.5 Å². The maximum atomic E-state index is 11.9. The zero-order valence-electron chi connectivity index (χ0n) is 12.3. The standard InChI is InChI=1S/C17H18N2O2/c1-11-7-12(2)16(13(3)8-11)10-18-19-17(21)14-5-4-6-15(20)9-14/h4-10,20H,1-3H3,(H,19,21).